The quantitative estimate of drug-likeness (QED) is 0.268. The Morgan fingerprint density at radius 2 is 1.84 bits per heavy atom. The molecule has 4 aromatic rings. The normalized spacial score (nSPS) is 14.4. The molecule has 3 amide bonds. The van der Waals surface area contributed by atoms with Crippen LogP contribution in [0.1, 0.15) is 69.9 Å². The average molecular weight is 531 g/mol. The molecule has 2 heterocycles. The summed E-state index contributed by atoms with van der Waals surface area (Å²) in [5, 5.41) is 4.03. The van der Waals surface area contributed by atoms with Gasteiger partial charge in [0.1, 0.15) is 10.9 Å². The highest BCUT2D eigenvalue weighted by Gasteiger charge is 2.38. The van der Waals surface area contributed by atoms with E-state index >= 15 is 0 Å². The summed E-state index contributed by atoms with van der Waals surface area (Å²) >= 11 is 0.805. The number of nitrogen functional groups attached to an aromatic ring is 1. The molecule has 2 aromatic heterocycles. The van der Waals surface area contributed by atoms with Crippen LogP contribution in [0.2, 0.25) is 0 Å². The lowest BCUT2D eigenvalue weighted by molar-refractivity contribution is -0.123. The van der Waals surface area contributed by atoms with Crippen LogP contribution in [0.5, 0.6) is 0 Å². The van der Waals surface area contributed by atoms with Crippen LogP contribution in [0.4, 0.5) is 11.4 Å². The van der Waals surface area contributed by atoms with E-state index in [1.54, 1.807) is 6.20 Å². The Labute approximate surface area is 224 Å². The van der Waals surface area contributed by atoms with Crippen LogP contribution in [-0.2, 0) is 11.2 Å². The molecule has 0 bridgehead atoms. The lowest BCUT2D eigenvalue weighted by atomic mass is 9.99. The molecule has 38 heavy (non-hydrogen) atoms. The van der Waals surface area contributed by atoms with Crippen LogP contribution in [0, 0.1) is 0 Å². The number of nitrogens with two attached hydrogens (primary N) is 2. The molecule has 1 aliphatic carbocycles. The summed E-state index contributed by atoms with van der Waals surface area (Å²) in [6.07, 6.45) is 6.32. The van der Waals surface area contributed by atoms with Crippen molar-refractivity contribution in [3.63, 3.8) is 0 Å². The number of aromatic amines is 1. The van der Waals surface area contributed by atoms with Crippen LogP contribution >= 0.6 is 11.5 Å². The second-order valence-electron chi connectivity index (χ2n) is 9.48. The monoisotopic (exact) mass is 530 g/mol. The summed E-state index contributed by atoms with van der Waals surface area (Å²) in [7, 11) is 0. The second-order valence-corrected chi connectivity index (χ2v) is 10.3. The third-order valence-electron chi connectivity index (χ3n) is 7.13. The Morgan fingerprint density at radius 3 is 2.55 bits per heavy atom. The number of para-hydroxylation sites is 2. The highest BCUT2D eigenvalue weighted by atomic mass is 32.1. The van der Waals surface area contributed by atoms with Gasteiger partial charge in [-0.05, 0) is 48.5 Å². The number of H-pyrrole nitrogens is 1. The maximum absolute atomic E-state index is 14.4. The number of nitrogens with one attached hydrogen (secondary N) is 2. The third-order valence-corrected chi connectivity index (χ3v) is 7.98. The maximum Gasteiger partial charge on any atom is 0.273 e. The fourth-order valence-electron chi connectivity index (χ4n) is 5.22. The largest absolute Gasteiger partial charge is 0.395 e. The number of carbonyl (C=O) groups is 3. The van der Waals surface area contributed by atoms with Crippen LogP contribution in [0.25, 0.3) is 10.9 Å². The number of rotatable bonds is 8. The van der Waals surface area contributed by atoms with Gasteiger partial charge < -0.3 is 21.8 Å². The van der Waals surface area contributed by atoms with Gasteiger partial charge in [0.2, 0.25) is 5.91 Å². The van der Waals surface area contributed by atoms with Crippen LogP contribution in [0.15, 0.2) is 54.7 Å². The molecule has 1 aliphatic rings. The number of anilines is 2. The van der Waals surface area contributed by atoms with Gasteiger partial charge in [-0.1, -0.05) is 56.2 Å². The summed E-state index contributed by atoms with van der Waals surface area (Å²) in [4.78, 5) is 45.2. The predicted octanol–water partition coefficient (Wildman–Crippen LogP) is 4.31. The zero-order valence-corrected chi connectivity index (χ0v) is 21.9. The van der Waals surface area contributed by atoms with E-state index in [2.05, 4.69) is 14.7 Å². The Bertz CT molecular complexity index is 1500. The van der Waals surface area contributed by atoms with E-state index in [0.29, 0.717) is 17.7 Å². The van der Waals surface area contributed by atoms with Crippen molar-refractivity contribution < 1.29 is 14.4 Å². The first kappa shape index (κ1) is 25.5. The average Bonchev–Trinajstić information content (AvgIpc) is 3.67. The van der Waals surface area contributed by atoms with Crippen molar-refractivity contribution in [2.24, 2.45) is 5.73 Å². The van der Waals surface area contributed by atoms with E-state index in [4.69, 9.17) is 11.5 Å². The number of amides is 3. The first-order chi connectivity index (χ1) is 18.4. The van der Waals surface area contributed by atoms with Crippen molar-refractivity contribution in [1.82, 2.24) is 14.7 Å². The topological polar surface area (TPSA) is 147 Å². The molecule has 9 nitrogen and oxygen atoms in total. The summed E-state index contributed by atoms with van der Waals surface area (Å²) in [6, 6.07) is 14.2. The molecular weight excluding hydrogens is 500 g/mol. The number of aryl methyl sites for hydroxylation is 1. The summed E-state index contributed by atoms with van der Waals surface area (Å²) in [5.41, 5.74) is 14.4. The summed E-state index contributed by atoms with van der Waals surface area (Å²) < 4.78 is 4.04. The van der Waals surface area contributed by atoms with Crippen molar-refractivity contribution >= 4 is 51.5 Å². The molecule has 0 radical (unpaired) electrons. The van der Waals surface area contributed by atoms with Gasteiger partial charge in [0.05, 0.1) is 5.69 Å². The molecule has 196 valence electrons. The van der Waals surface area contributed by atoms with E-state index in [0.717, 1.165) is 53.7 Å². The van der Waals surface area contributed by atoms with Gasteiger partial charge in [0.25, 0.3) is 11.8 Å². The highest BCUT2D eigenvalue weighted by Crippen LogP contribution is 2.37. The number of nitrogens with zero attached hydrogens (tertiary/aromatic N) is 2. The van der Waals surface area contributed by atoms with Crippen LogP contribution < -0.4 is 21.7 Å². The van der Waals surface area contributed by atoms with Gasteiger partial charge in [0.15, 0.2) is 5.69 Å². The van der Waals surface area contributed by atoms with Gasteiger partial charge in [-0.15, -0.1) is 0 Å². The predicted molar refractivity (Wildman–Crippen MR) is 149 cm³/mol. The van der Waals surface area contributed by atoms with Gasteiger partial charge >= 0.3 is 0 Å². The highest BCUT2D eigenvalue weighted by molar-refractivity contribution is 7.09. The molecule has 0 aliphatic heterocycles. The Kier molecular flexibility index (Phi) is 7.15. The first-order valence-corrected chi connectivity index (χ1v) is 13.5. The minimum atomic E-state index is -1.01. The van der Waals surface area contributed by atoms with Crippen molar-refractivity contribution in [3.05, 3.63) is 76.4 Å². The second kappa shape index (κ2) is 10.7. The first-order valence-electron chi connectivity index (χ1n) is 12.7. The number of aromatic nitrogens is 2. The molecule has 5 rings (SSSR count). The van der Waals surface area contributed by atoms with Gasteiger partial charge in [-0.3, -0.25) is 19.3 Å². The summed E-state index contributed by atoms with van der Waals surface area (Å²) in [6.45, 7) is 1.99. The molecule has 0 saturated heterocycles. The Morgan fingerprint density at radius 1 is 1.13 bits per heavy atom. The third kappa shape index (κ3) is 4.63. The number of benzene rings is 2. The van der Waals surface area contributed by atoms with Gasteiger partial charge in [-0.2, -0.15) is 4.37 Å². The van der Waals surface area contributed by atoms with Crippen molar-refractivity contribution in [3.8, 4) is 0 Å². The van der Waals surface area contributed by atoms with E-state index in [1.165, 1.54) is 4.90 Å². The zero-order valence-electron chi connectivity index (χ0n) is 21.1. The SMILES string of the molecule is CCc1ccccc1N(C(=O)c1snc(C(N)=O)c1N)C(C(=O)NC1CCCC1)c1c[nH]c2ccccc12. The zero-order chi connectivity index (χ0) is 26.8. The minimum absolute atomic E-state index is 0.0449. The van der Waals surface area contributed by atoms with E-state index in [9.17, 15) is 14.4 Å². The number of carbonyl (C=O) groups excluding carboxylic acids is 3. The molecule has 1 atom stereocenters. The Balaban J connectivity index is 1.71. The molecular formula is C28H30N6O3S. The molecule has 1 fully saturated rings. The lowest BCUT2D eigenvalue weighted by Gasteiger charge is -2.33. The minimum Gasteiger partial charge on any atom is -0.395 e. The van der Waals surface area contributed by atoms with Crippen molar-refractivity contribution in [2.75, 3.05) is 10.6 Å². The lowest BCUT2D eigenvalue weighted by Crippen LogP contribution is -2.46. The van der Waals surface area contributed by atoms with Gasteiger partial charge in [-0.25, -0.2) is 0 Å². The maximum atomic E-state index is 14.4. The van der Waals surface area contributed by atoms with Crippen molar-refractivity contribution in [2.45, 2.75) is 51.1 Å². The molecule has 2 aromatic carbocycles. The van der Waals surface area contributed by atoms with Crippen LogP contribution in [0.3, 0.4) is 0 Å². The fraction of sp³-hybridized carbons (Fsp3) is 0.286. The molecule has 10 heteroatoms. The molecule has 1 unspecified atom stereocenters. The van der Waals surface area contributed by atoms with Gasteiger partial charge in [0, 0.05) is 34.4 Å². The molecule has 6 N–H and O–H groups in total. The fourth-order valence-corrected chi connectivity index (χ4v) is 5.96. The van der Waals surface area contributed by atoms with E-state index in [-0.39, 0.29) is 28.2 Å². The summed E-state index contributed by atoms with van der Waals surface area (Å²) in [5.74, 6) is -1.62. The van der Waals surface area contributed by atoms with E-state index < -0.39 is 17.9 Å². The Hall–Kier alpha value is -4.18. The smallest absolute Gasteiger partial charge is 0.273 e. The van der Waals surface area contributed by atoms with Crippen molar-refractivity contribution in [1.29, 1.82) is 0 Å². The standard InChI is InChI=1S/C28H30N6O3S/c1-2-16-9-3-8-14-21(16)34(28(37)25-22(29)23(26(30)35)33-38-25)24(27(36)32-17-10-4-5-11-17)19-15-31-20-13-7-6-12-18(19)20/h3,6-9,12-15,17,24,31H,2,4-5,10-11,29H2,1H3,(H2,30,35)(H,32,36). The molecule has 0 spiro atoms. The number of hydrogen-bond donors (Lipinski definition) is 4. The number of hydrogen-bond acceptors (Lipinski definition) is 6. The number of fused-ring (bicyclic) bond motifs is 1. The van der Waals surface area contributed by atoms with E-state index in [1.807, 2.05) is 55.5 Å². The van der Waals surface area contributed by atoms with Crippen LogP contribution in [-0.4, -0.2) is 33.1 Å². The number of primary amides is 1. The molecule has 1 saturated carbocycles.